The van der Waals surface area contributed by atoms with Crippen LogP contribution in [-0.4, -0.2) is 53.6 Å². The Morgan fingerprint density at radius 1 is 1.12 bits per heavy atom. The number of anilines is 2. The molecule has 0 radical (unpaired) electrons. The summed E-state index contributed by atoms with van der Waals surface area (Å²) in [5.41, 5.74) is 4.29. The second-order valence-electron chi connectivity index (χ2n) is 8.35. The van der Waals surface area contributed by atoms with Crippen LogP contribution in [0.2, 0.25) is 0 Å². The minimum atomic E-state index is -3.31. The molecule has 1 fully saturated rings. The number of fused-ring (bicyclic) bond motifs is 1. The van der Waals surface area contributed by atoms with Gasteiger partial charge in [-0.25, -0.2) is 17.9 Å². The second-order valence-corrected chi connectivity index (χ2v) is 10.4. The minimum absolute atomic E-state index is 0.137. The number of sulfone groups is 1. The topological polar surface area (TPSA) is 109 Å². The number of hydrogen-bond acceptors (Lipinski definition) is 7. The van der Waals surface area contributed by atoms with Crippen LogP contribution in [0.15, 0.2) is 71.8 Å². The van der Waals surface area contributed by atoms with Crippen molar-refractivity contribution in [1.29, 1.82) is 0 Å². The normalized spacial score (nSPS) is 19.0. The highest BCUT2D eigenvalue weighted by atomic mass is 32.2. The maximum atomic E-state index is 12.0. The Morgan fingerprint density at radius 3 is 2.70 bits per heavy atom. The zero-order valence-corrected chi connectivity index (χ0v) is 19.0. The van der Waals surface area contributed by atoms with Gasteiger partial charge in [0.25, 0.3) is 0 Å². The number of aliphatic hydroxyl groups is 1. The van der Waals surface area contributed by atoms with Crippen molar-refractivity contribution >= 4 is 27.0 Å². The molecule has 33 heavy (non-hydrogen) atoms. The second kappa shape index (κ2) is 8.58. The lowest BCUT2D eigenvalue weighted by atomic mass is 9.88. The average Bonchev–Trinajstić information content (AvgIpc) is 3.23. The van der Waals surface area contributed by atoms with Crippen LogP contribution in [-0.2, 0) is 9.84 Å². The molecule has 0 bridgehead atoms. The zero-order chi connectivity index (χ0) is 23.0. The highest BCUT2D eigenvalue weighted by Crippen LogP contribution is 2.28. The largest absolute Gasteiger partial charge is 0.391 e. The summed E-state index contributed by atoms with van der Waals surface area (Å²) in [6.07, 6.45) is 3.45. The Morgan fingerprint density at radius 2 is 1.94 bits per heavy atom. The number of hydrogen-bond donors (Lipinski definition) is 3. The van der Waals surface area contributed by atoms with Gasteiger partial charge in [0.2, 0.25) is 5.95 Å². The molecule has 4 aromatic rings. The van der Waals surface area contributed by atoms with Gasteiger partial charge in [-0.2, -0.15) is 0 Å². The first kappa shape index (κ1) is 21.6. The smallest absolute Gasteiger partial charge is 0.245 e. The molecule has 2 atom stereocenters. The predicted octanol–water partition coefficient (Wildman–Crippen LogP) is 2.98. The minimum Gasteiger partial charge on any atom is -0.391 e. The zero-order valence-electron chi connectivity index (χ0n) is 18.1. The van der Waals surface area contributed by atoms with Crippen molar-refractivity contribution in [1.82, 2.24) is 19.9 Å². The first-order chi connectivity index (χ1) is 15.9. The Hall–Kier alpha value is -3.27. The van der Waals surface area contributed by atoms with E-state index in [1.807, 2.05) is 42.5 Å². The fourth-order valence-electron chi connectivity index (χ4n) is 4.24. The molecule has 3 N–H and O–H groups in total. The monoisotopic (exact) mass is 463 g/mol. The van der Waals surface area contributed by atoms with Gasteiger partial charge in [-0.05, 0) is 54.9 Å². The molecule has 8 nitrogen and oxygen atoms in total. The SMILES string of the molecule is CS(=O)(=O)c1cccc(-c2ccc3cnc(Nc4ccc(C5CCNCC5O)cc4)nn23)c1. The standard InChI is InChI=1S/C24H25N5O3S/c1-33(31,32)20-4-2-3-17(13-20)22-10-9-19-14-26-24(28-29(19)22)27-18-7-5-16(6-8-18)21-11-12-25-15-23(21)30/h2-10,13-14,21,23,25,30H,11-12,15H2,1H3,(H,27,28). The summed E-state index contributed by atoms with van der Waals surface area (Å²) in [5.74, 6) is 0.562. The van der Waals surface area contributed by atoms with E-state index in [1.165, 1.54) is 6.26 Å². The predicted molar refractivity (Wildman–Crippen MR) is 127 cm³/mol. The molecule has 0 aliphatic carbocycles. The molecule has 170 valence electrons. The van der Waals surface area contributed by atoms with Gasteiger partial charge in [0, 0.05) is 30.0 Å². The lowest BCUT2D eigenvalue weighted by Gasteiger charge is -2.28. The quantitative estimate of drug-likeness (QED) is 0.418. The lowest BCUT2D eigenvalue weighted by molar-refractivity contribution is 0.118. The highest BCUT2D eigenvalue weighted by molar-refractivity contribution is 7.90. The van der Waals surface area contributed by atoms with Crippen LogP contribution >= 0.6 is 0 Å². The van der Waals surface area contributed by atoms with E-state index < -0.39 is 9.84 Å². The first-order valence-electron chi connectivity index (χ1n) is 10.8. The lowest BCUT2D eigenvalue weighted by Crippen LogP contribution is -2.39. The van der Waals surface area contributed by atoms with Crippen molar-refractivity contribution in [3.8, 4) is 11.3 Å². The van der Waals surface area contributed by atoms with Crippen LogP contribution in [0.25, 0.3) is 16.8 Å². The van der Waals surface area contributed by atoms with Gasteiger partial charge in [-0.1, -0.05) is 24.3 Å². The van der Waals surface area contributed by atoms with Gasteiger partial charge in [0.05, 0.1) is 28.4 Å². The summed E-state index contributed by atoms with van der Waals surface area (Å²) < 4.78 is 25.7. The number of β-amino-alcohol motifs (C(OH)–C–C–N with tert-alkyl or cyclic N) is 1. The van der Waals surface area contributed by atoms with Crippen LogP contribution in [0, 0.1) is 0 Å². The molecule has 3 heterocycles. The number of rotatable bonds is 5. The van der Waals surface area contributed by atoms with Crippen LogP contribution in [0.3, 0.4) is 0 Å². The fraction of sp³-hybridized carbons (Fsp3) is 0.250. The van der Waals surface area contributed by atoms with E-state index in [9.17, 15) is 13.5 Å². The molecule has 2 unspecified atom stereocenters. The maximum absolute atomic E-state index is 12.0. The van der Waals surface area contributed by atoms with E-state index in [2.05, 4.69) is 20.7 Å². The molecule has 9 heteroatoms. The molecule has 1 aliphatic heterocycles. The van der Waals surface area contributed by atoms with Crippen molar-refractivity contribution in [2.75, 3.05) is 24.7 Å². The molecule has 1 aliphatic rings. The van der Waals surface area contributed by atoms with Gasteiger partial charge in [0.1, 0.15) is 0 Å². The van der Waals surface area contributed by atoms with E-state index in [4.69, 9.17) is 0 Å². The van der Waals surface area contributed by atoms with Crippen molar-refractivity contribution < 1.29 is 13.5 Å². The number of aliphatic hydroxyl groups excluding tert-OH is 1. The van der Waals surface area contributed by atoms with Crippen molar-refractivity contribution in [3.63, 3.8) is 0 Å². The van der Waals surface area contributed by atoms with Crippen LogP contribution < -0.4 is 10.6 Å². The van der Waals surface area contributed by atoms with Crippen molar-refractivity contribution in [2.45, 2.75) is 23.3 Å². The van der Waals surface area contributed by atoms with Gasteiger partial charge in [-0.3, -0.25) is 0 Å². The first-order valence-corrected chi connectivity index (χ1v) is 12.7. The van der Waals surface area contributed by atoms with E-state index >= 15 is 0 Å². The van der Waals surface area contributed by atoms with E-state index in [0.717, 1.165) is 41.0 Å². The van der Waals surface area contributed by atoms with Crippen LogP contribution in [0.4, 0.5) is 11.6 Å². The summed E-state index contributed by atoms with van der Waals surface area (Å²) in [7, 11) is -3.31. The molecule has 0 spiro atoms. The number of piperidine rings is 1. The van der Waals surface area contributed by atoms with Crippen molar-refractivity contribution in [3.05, 3.63) is 72.4 Å². The Balaban J connectivity index is 1.41. The molecular weight excluding hydrogens is 438 g/mol. The molecule has 5 rings (SSSR count). The highest BCUT2D eigenvalue weighted by Gasteiger charge is 2.24. The van der Waals surface area contributed by atoms with Gasteiger partial charge < -0.3 is 15.7 Å². The summed E-state index contributed by atoms with van der Waals surface area (Å²) in [4.78, 5) is 4.67. The third-order valence-corrected chi connectivity index (χ3v) is 7.11. The third-order valence-electron chi connectivity index (χ3n) is 6.00. The Bertz CT molecular complexity index is 1400. The average molecular weight is 464 g/mol. The molecule has 2 aromatic heterocycles. The number of nitrogens with zero attached hydrogens (tertiary/aromatic N) is 3. The molecule has 2 aromatic carbocycles. The summed E-state index contributed by atoms with van der Waals surface area (Å²) >= 11 is 0. The summed E-state index contributed by atoms with van der Waals surface area (Å²) in [5, 5.41) is 21.3. The van der Waals surface area contributed by atoms with E-state index in [-0.39, 0.29) is 16.9 Å². The van der Waals surface area contributed by atoms with Gasteiger partial charge in [-0.15, -0.1) is 5.10 Å². The van der Waals surface area contributed by atoms with Crippen LogP contribution in [0.1, 0.15) is 17.9 Å². The van der Waals surface area contributed by atoms with E-state index in [1.54, 1.807) is 28.9 Å². The van der Waals surface area contributed by atoms with Gasteiger partial charge in [0.15, 0.2) is 9.84 Å². The molecule has 0 amide bonds. The Kier molecular flexibility index (Phi) is 5.61. The number of nitrogens with one attached hydrogen (secondary N) is 2. The van der Waals surface area contributed by atoms with E-state index in [0.29, 0.717) is 12.5 Å². The molecule has 1 saturated heterocycles. The number of benzene rings is 2. The summed E-state index contributed by atoms with van der Waals surface area (Å²) in [6, 6.07) is 18.6. The Labute approximate surface area is 192 Å². The molecule has 0 saturated carbocycles. The maximum Gasteiger partial charge on any atom is 0.245 e. The summed E-state index contributed by atoms with van der Waals surface area (Å²) in [6.45, 7) is 1.52. The van der Waals surface area contributed by atoms with Gasteiger partial charge >= 0.3 is 0 Å². The van der Waals surface area contributed by atoms with Crippen molar-refractivity contribution in [2.24, 2.45) is 0 Å². The van der Waals surface area contributed by atoms with Crippen LogP contribution in [0.5, 0.6) is 0 Å². The molecular formula is C24H25N5O3S. The third kappa shape index (κ3) is 4.47. The fourth-order valence-corrected chi connectivity index (χ4v) is 4.90. The number of aromatic nitrogens is 3.